The molecule has 0 bridgehead atoms. The molecule has 62 valence electrons. The van der Waals surface area contributed by atoms with E-state index in [9.17, 15) is 0 Å². The van der Waals surface area contributed by atoms with Crippen molar-refractivity contribution in [2.45, 2.75) is 19.9 Å². The zero-order valence-electron chi connectivity index (χ0n) is 7.30. The van der Waals surface area contributed by atoms with Gasteiger partial charge in [-0.3, -0.25) is 0 Å². The molecule has 0 aliphatic heterocycles. The van der Waals surface area contributed by atoms with Gasteiger partial charge >= 0.3 is 0 Å². The van der Waals surface area contributed by atoms with Crippen LogP contribution in [-0.2, 0) is 13.0 Å². The highest BCUT2D eigenvalue weighted by molar-refractivity contribution is 5.39. The lowest BCUT2D eigenvalue weighted by atomic mass is 10.0. The van der Waals surface area contributed by atoms with Crippen LogP contribution in [0.4, 0.5) is 0 Å². The summed E-state index contributed by atoms with van der Waals surface area (Å²) in [6, 6.07) is 6.08. The van der Waals surface area contributed by atoms with Crippen molar-refractivity contribution in [2.24, 2.45) is 5.73 Å². The number of nitrogens with two attached hydrogens (primary N) is 1. The van der Waals surface area contributed by atoms with Crippen LogP contribution in [0.15, 0.2) is 18.2 Å². The first-order valence-electron chi connectivity index (χ1n) is 4.09. The highest BCUT2D eigenvalue weighted by Crippen LogP contribution is 2.09. The minimum Gasteiger partial charge on any atom is -0.326 e. The summed E-state index contributed by atoms with van der Waals surface area (Å²) in [6.45, 7) is 2.67. The Bertz CT molecular complexity index is 285. The van der Waals surface area contributed by atoms with Crippen LogP contribution in [0, 0.1) is 12.3 Å². The molecule has 0 heterocycles. The third-order valence-electron chi connectivity index (χ3n) is 1.86. The van der Waals surface area contributed by atoms with E-state index in [4.69, 9.17) is 12.2 Å². The van der Waals surface area contributed by atoms with E-state index >= 15 is 0 Å². The van der Waals surface area contributed by atoms with Gasteiger partial charge in [0.25, 0.3) is 0 Å². The van der Waals surface area contributed by atoms with Gasteiger partial charge in [-0.05, 0) is 29.7 Å². The largest absolute Gasteiger partial charge is 0.326 e. The number of benzene rings is 1. The van der Waals surface area contributed by atoms with E-state index in [1.807, 2.05) is 12.1 Å². The first-order chi connectivity index (χ1) is 5.80. The average molecular weight is 159 g/mol. The predicted octanol–water partition coefficient (Wildman–Crippen LogP) is 1.69. The number of hydrogen-bond donors (Lipinski definition) is 1. The second kappa shape index (κ2) is 3.94. The highest BCUT2D eigenvalue weighted by Gasteiger charge is 1.95. The highest BCUT2D eigenvalue weighted by atomic mass is 14.5. The molecule has 1 rings (SSSR count). The van der Waals surface area contributed by atoms with Crippen LogP contribution in [0.5, 0.6) is 0 Å². The van der Waals surface area contributed by atoms with Crippen molar-refractivity contribution in [1.29, 1.82) is 0 Å². The molecule has 0 fully saturated rings. The Morgan fingerprint density at radius 1 is 1.33 bits per heavy atom. The van der Waals surface area contributed by atoms with Crippen LogP contribution in [0.2, 0.25) is 0 Å². The van der Waals surface area contributed by atoms with E-state index in [1.165, 1.54) is 5.56 Å². The minimum absolute atomic E-state index is 0.558. The molecule has 0 saturated carbocycles. The summed E-state index contributed by atoms with van der Waals surface area (Å²) in [6.07, 6.45) is 6.31. The Morgan fingerprint density at radius 2 is 2.00 bits per heavy atom. The second-order valence-corrected chi connectivity index (χ2v) is 2.74. The summed E-state index contributed by atoms with van der Waals surface area (Å²) in [4.78, 5) is 0. The molecule has 1 aromatic rings. The third kappa shape index (κ3) is 1.87. The van der Waals surface area contributed by atoms with Crippen LogP contribution in [0.25, 0.3) is 0 Å². The summed E-state index contributed by atoms with van der Waals surface area (Å²) in [5.41, 5.74) is 8.82. The number of aryl methyl sites for hydroxylation is 1. The lowest BCUT2D eigenvalue weighted by Gasteiger charge is -2.02. The number of rotatable bonds is 2. The molecular formula is C11H13N. The van der Waals surface area contributed by atoms with Crippen LogP contribution in [0.3, 0.4) is 0 Å². The summed E-state index contributed by atoms with van der Waals surface area (Å²) in [7, 11) is 0. The van der Waals surface area contributed by atoms with Crippen molar-refractivity contribution in [1.82, 2.24) is 0 Å². The quantitative estimate of drug-likeness (QED) is 0.653. The van der Waals surface area contributed by atoms with Crippen molar-refractivity contribution in [2.75, 3.05) is 0 Å². The average Bonchev–Trinajstić information content (AvgIpc) is 2.16. The maximum atomic E-state index is 5.53. The van der Waals surface area contributed by atoms with Crippen molar-refractivity contribution in [3.8, 4) is 12.3 Å². The molecule has 0 atom stereocenters. The standard InChI is InChI=1S/C11H13N/c1-3-9-5-10(4-2)7-11(6-9)8-12/h1,5-7H,4,8,12H2,2H3. The van der Waals surface area contributed by atoms with Crippen molar-refractivity contribution in [3.05, 3.63) is 34.9 Å². The molecular weight excluding hydrogens is 146 g/mol. The zero-order valence-corrected chi connectivity index (χ0v) is 7.30. The molecule has 0 aliphatic rings. The maximum absolute atomic E-state index is 5.53. The Morgan fingerprint density at radius 3 is 2.50 bits per heavy atom. The van der Waals surface area contributed by atoms with Gasteiger partial charge in [0, 0.05) is 12.1 Å². The monoisotopic (exact) mass is 159 g/mol. The number of terminal acetylenes is 1. The van der Waals surface area contributed by atoms with Crippen molar-refractivity contribution < 1.29 is 0 Å². The molecule has 0 saturated heterocycles. The normalized spacial score (nSPS) is 9.42. The first kappa shape index (κ1) is 8.83. The topological polar surface area (TPSA) is 26.0 Å². The van der Waals surface area contributed by atoms with E-state index in [2.05, 4.69) is 18.9 Å². The molecule has 1 nitrogen and oxygen atoms in total. The van der Waals surface area contributed by atoms with E-state index in [0.29, 0.717) is 6.54 Å². The fraction of sp³-hybridized carbons (Fsp3) is 0.273. The fourth-order valence-electron chi connectivity index (χ4n) is 1.17. The fourth-order valence-corrected chi connectivity index (χ4v) is 1.17. The van der Waals surface area contributed by atoms with Gasteiger partial charge in [0.15, 0.2) is 0 Å². The van der Waals surface area contributed by atoms with Gasteiger partial charge in [-0.1, -0.05) is 18.9 Å². The molecule has 0 spiro atoms. The predicted molar refractivity (Wildman–Crippen MR) is 51.6 cm³/mol. The van der Waals surface area contributed by atoms with Gasteiger partial charge in [-0.25, -0.2) is 0 Å². The van der Waals surface area contributed by atoms with Crippen molar-refractivity contribution in [3.63, 3.8) is 0 Å². The van der Waals surface area contributed by atoms with E-state index in [0.717, 1.165) is 17.5 Å². The maximum Gasteiger partial charge on any atom is 0.0248 e. The minimum atomic E-state index is 0.558. The summed E-state index contributed by atoms with van der Waals surface area (Å²) in [5, 5.41) is 0. The van der Waals surface area contributed by atoms with Crippen LogP contribution in [0.1, 0.15) is 23.6 Å². The van der Waals surface area contributed by atoms with Crippen LogP contribution < -0.4 is 5.73 Å². The van der Waals surface area contributed by atoms with Gasteiger partial charge in [-0.2, -0.15) is 0 Å². The Labute approximate surface area is 73.6 Å². The van der Waals surface area contributed by atoms with E-state index in [-0.39, 0.29) is 0 Å². The van der Waals surface area contributed by atoms with Gasteiger partial charge < -0.3 is 5.73 Å². The Hall–Kier alpha value is -1.26. The van der Waals surface area contributed by atoms with Gasteiger partial charge in [0.1, 0.15) is 0 Å². The summed E-state index contributed by atoms with van der Waals surface area (Å²) < 4.78 is 0. The molecule has 0 unspecified atom stereocenters. The lowest BCUT2D eigenvalue weighted by molar-refractivity contribution is 1.04. The summed E-state index contributed by atoms with van der Waals surface area (Å²) in [5.74, 6) is 2.62. The van der Waals surface area contributed by atoms with Crippen LogP contribution in [-0.4, -0.2) is 0 Å². The lowest BCUT2D eigenvalue weighted by Crippen LogP contribution is -1.98. The number of hydrogen-bond acceptors (Lipinski definition) is 1. The van der Waals surface area contributed by atoms with Gasteiger partial charge in [-0.15, -0.1) is 6.42 Å². The van der Waals surface area contributed by atoms with Crippen molar-refractivity contribution >= 4 is 0 Å². The SMILES string of the molecule is C#Cc1cc(CC)cc(CN)c1. The van der Waals surface area contributed by atoms with Gasteiger partial charge in [0.2, 0.25) is 0 Å². The third-order valence-corrected chi connectivity index (χ3v) is 1.86. The molecule has 2 N–H and O–H groups in total. The Kier molecular flexibility index (Phi) is 2.90. The summed E-state index contributed by atoms with van der Waals surface area (Å²) >= 11 is 0. The zero-order chi connectivity index (χ0) is 8.97. The molecule has 1 heteroatoms. The Balaban J connectivity index is 3.12. The molecule has 0 aliphatic carbocycles. The van der Waals surface area contributed by atoms with Crippen LogP contribution >= 0.6 is 0 Å². The van der Waals surface area contributed by atoms with E-state index < -0.39 is 0 Å². The van der Waals surface area contributed by atoms with E-state index in [1.54, 1.807) is 0 Å². The molecule has 0 aromatic heterocycles. The molecule has 1 aromatic carbocycles. The second-order valence-electron chi connectivity index (χ2n) is 2.74. The first-order valence-corrected chi connectivity index (χ1v) is 4.09. The molecule has 0 radical (unpaired) electrons. The smallest absolute Gasteiger partial charge is 0.0248 e. The molecule has 0 amide bonds. The van der Waals surface area contributed by atoms with Gasteiger partial charge in [0.05, 0.1) is 0 Å². The molecule has 12 heavy (non-hydrogen) atoms.